The molecule has 0 spiro atoms. The fourth-order valence-corrected chi connectivity index (χ4v) is 4.05. The van der Waals surface area contributed by atoms with Crippen LogP contribution in [0.15, 0.2) is 24.5 Å². The fraction of sp³-hybridized carbons (Fsp3) is 0.600. The molecule has 1 N–H and O–H groups in total. The minimum Gasteiger partial charge on any atom is -0.381 e. The second kappa shape index (κ2) is 8.71. The van der Waals surface area contributed by atoms with Crippen molar-refractivity contribution >= 4 is 11.8 Å². The van der Waals surface area contributed by atoms with E-state index in [1.54, 1.807) is 18.5 Å². The van der Waals surface area contributed by atoms with Gasteiger partial charge in [-0.1, -0.05) is 6.42 Å². The van der Waals surface area contributed by atoms with Gasteiger partial charge in [-0.2, -0.15) is 0 Å². The Balaban J connectivity index is 1.52. The molecule has 0 aliphatic carbocycles. The molecule has 0 radical (unpaired) electrons. The van der Waals surface area contributed by atoms with Gasteiger partial charge in [0, 0.05) is 43.9 Å². The monoisotopic (exact) mass is 368 g/mol. The van der Waals surface area contributed by atoms with Crippen LogP contribution in [0.5, 0.6) is 0 Å². The topological polar surface area (TPSA) is 76.1 Å². The van der Waals surface area contributed by atoms with Crippen LogP contribution in [0.4, 0.5) is 11.8 Å². The molecule has 0 saturated carbocycles. The third-order valence-corrected chi connectivity index (χ3v) is 5.42. The van der Waals surface area contributed by atoms with Crippen molar-refractivity contribution in [3.63, 3.8) is 0 Å². The standard InChI is InChI=1S/C20H28N6O/c1-15-13-18(25-20-21-8-4-9-22-20)24-19(23-15)17-5-2-3-10-26(17)14-16-6-11-27-12-7-16/h4,8-9,13,16-17H,2-3,5-7,10-12,14H2,1H3,(H,21,22,23,24,25)/t17-/m1/s1. The first-order chi connectivity index (χ1) is 13.3. The van der Waals surface area contributed by atoms with Gasteiger partial charge in [0.15, 0.2) is 0 Å². The summed E-state index contributed by atoms with van der Waals surface area (Å²) in [6.07, 6.45) is 9.38. The van der Waals surface area contributed by atoms with Crippen LogP contribution in [0.2, 0.25) is 0 Å². The summed E-state index contributed by atoms with van der Waals surface area (Å²) in [5.41, 5.74) is 0.968. The van der Waals surface area contributed by atoms with Crippen molar-refractivity contribution in [2.24, 2.45) is 5.92 Å². The molecule has 144 valence electrons. The Hall–Kier alpha value is -2.12. The van der Waals surface area contributed by atoms with E-state index in [1.807, 2.05) is 13.0 Å². The van der Waals surface area contributed by atoms with Crippen LogP contribution in [0, 0.1) is 12.8 Å². The van der Waals surface area contributed by atoms with E-state index in [-0.39, 0.29) is 0 Å². The number of rotatable bonds is 5. The maximum absolute atomic E-state index is 5.53. The van der Waals surface area contributed by atoms with Gasteiger partial charge in [0.25, 0.3) is 0 Å². The van der Waals surface area contributed by atoms with E-state index < -0.39 is 0 Å². The molecule has 2 aromatic heterocycles. The number of anilines is 2. The van der Waals surface area contributed by atoms with Gasteiger partial charge in [0.2, 0.25) is 5.95 Å². The number of aromatic nitrogens is 4. The molecule has 4 heterocycles. The zero-order valence-electron chi connectivity index (χ0n) is 16.0. The van der Waals surface area contributed by atoms with Crippen LogP contribution >= 0.6 is 0 Å². The van der Waals surface area contributed by atoms with Crippen LogP contribution in [0.1, 0.15) is 49.7 Å². The zero-order valence-corrected chi connectivity index (χ0v) is 16.0. The summed E-state index contributed by atoms with van der Waals surface area (Å²) in [5.74, 6) is 2.96. The number of likely N-dealkylation sites (tertiary alicyclic amines) is 1. The lowest BCUT2D eigenvalue weighted by molar-refractivity contribution is 0.0370. The zero-order chi connectivity index (χ0) is 18.5. The van der Waals surface area contributed by atoms with Crippen molar-refractivity contribution in [2.75, 3.05) is 31.6 Å². The first-order valence-corrected chi connectivity index (χ1v) is 9.99. The summed E-state index contributed by atoms with van der Waals surface area (Å²) in [6, 6.07) is 4.04. The number of nitrogens with zero attached hydrogens (tertiary/aromatic N) is 5. The normalized spacial score (nSPS) is 21.9. The quantitative estimate of drug-likeness (QED) is 0.868. The smallest absolute Gasteiger partial charge is 0.228 e. The number of hydrogen-bond donors (Lipinski definition) is 1. The van der Waals surface area contributed by atoms with Gasteiger partial charge in [-0.3, -0.25) is 4.90 Å². The summed E-state index contributed by atoms with van der Waals surface area (Å²) in [7, 11) is 0. The molecule has 2 aliphatic heterocycles. The first-order valence-electron chi connectivity index (χ1n) is 9.99. The van der Waals surface area contributed by atoms with Crippen LogP contribution in [0.3, 0.4) is 0 Å². The maximum atomic E-state index is 5.53. The van der Waals surface area contributed by atoms with Gasteiger partial charge < -0.3 is 10.1 Å². The molecule has 0 aromatic carbocycles. The third kappa shape index (κ3) is 4.78. The Morgan fingerprint density at radius 3 is 2.74 bits per heavy atom. The highest BCUT2D eigenvalue weighted by atomic mass is 16.5. The van der Waals surface area contributed by atoms with Crippen LogP contribution in [-0.4, -0.2) is 51.1 Å². The van der Waals surface area contributed by atoms with E-state index in [2.05, 4.69) is 20.2 Å². The molecular weight excluding hydrogens is 340 g/mol. The average Bonchev–Trinajstić information content (AvgIpc) is 2.69. The molecule has 0 unspecified atom stereocenters. The minimum absolute atomic E-state index is 0.290. The van der Waals surface area contributed by atoms with Crippen molar-refractivity contribution in [1.82, 2.24) is 24.8 Å². The number of piperidine rings is 1. The molecule has 4 rings (SSSR count). The summed E-state index contributed by atoms with van der Waals surface area (Å²) in [5, 5.41) is 3.21. The highest BCUT2D eigenvalue weighted by Crippen LogP contribution is 2.32. The van der Waals surface area contributed by atoms with Gasteiger partial charge >= 0.3 is 0 Å². The number of aryl methyl sites for hydroxylation is 1. The summed E-state index contributed by atoms with van der Waals surface area (Å²) in [4.78, 5) is 20.7. The molecule has 27 heavy (non-hydrogen) atoms. The molecule has 1 atom stereocenters. The van der Waals surface area contributed by atoms with Crippen molar-refractivity contribution < 1.29 is 4.74 Å². The van der Waals surface area contributed by atoms with Gasteiger partial charge in [-0.05, 0) is 51.1 Å². The molecular formula is C20H28N6O. The molecule has 0 bridgehead atoms. The Labute approximate surface area is 160 Å². The Bertz CT molecular complexity index is 735. The summed E-state index contributed by atoms with van der Waals surface area (Å²) in [6.45, 7) is 6.07. The Morgan fingerprint density at radius 2 is 1.93 bits per heavy atom. The molecule has 2 aromatic rings. The van der Waals surface area contributed by atoms with Gasteiger partial charge in [0.1, 0.15) is 11.6 Å². The lowest BCUT2D eigenvalue weighted by atomic mass is 9.95. The number of nitrogens with one attached hydrogen (secondary N) is 1. The molecule has 0 amide bonds. The first kappa shape index (κ1) is 18.3. The van der Waals surface area contributed by atoms with Crippen LogP contribution in [-0.2, 0) is 4.74 Å². The summed E-state index contributed by atoms with van der Waals surface area (Å²) >= 11 is 0. The molecule has 7 nitrogen and oxygen atoms in total. The Kier molecular flexibility index (Phi) is 5.89. The fourth-order valence-electron chi connectivity index (χ4n) is 4.05. The van der Waals surface area contributed by atoms with Gasteiger partial charge in [-0.25, -0.2) is 19.9 Å². The molecule has 7 heteroatoms. The SMILES string of the molecule is Cc1cc(Nc2ncccn2)nc([C@H]2CCCCN2CC2CCOCC2)n1. The lowest BCUT2D eigenvalue weighted by Gasteiger charge is -2.38. The molecule has 2 aliphatic rings. The maximum Gasteiger partial charge on any atom is 0.228 e. The largest absolute Gasteiger partial charge is 0.381 e. The number of hydrogen-bond acceptors (Lipinski definition) is 7. The predicted molar refractivity (Wildman–Crippen MR) is 104 cm³/mol. The van der Waals surface area contributed by atoms with Crippen molar-refractivity contribution in [3.8, 4) is 0 Å². The van der Waals surface area contributed by atoms with Crippen molar-refractivity contribution in [2.45, 2.75) is 45.1 Å². The molecule has 2 fully saturated rings. The minimum atomic E-state index is 0.290. The average molecular weight is 368 g/mol. The van der Waals surface area contributed by atoms with Crippen LogP contribution < -0.4 is 5.32 Å². The Morgan fingerprint density at radius 1 is 1.11 bits per heavy atom. The van der Waals surface area contributed by atoms with E-state index in [4.69, 9.17) is 14.7 Å². The second-order valence-corrected chi connectivity index (χ2v) is 7.51. The van der Waals surface area contributed by atoms with Crippen molar-refractivity contribution in [3.05, 3.63) is 36.0 Å². The van der Waals surface area contributed by atoms with Gasteiger partial charge in [-0.15, -0.1) is 0 Å². The predicted octanol–water partition coefficient (Wildman–Crippen LogP) is 3.27. The highest BCUT2D eigenvalue weighted by molar-refractivity contribution is 5.47. The van der Waals surface area contributed by atoms with Crippen molar-refractivity contribution in [1.29, 1.82) is 0 Å². The summed E-state index contributed by atoms with van der Waals surface area (Å²) < 4.78 is 5.53. The lowest BCUT2D eigenvalue weighted by Crippen LogP contribution is -2.39. The molecule has 2 saturated heterocycles. The third-order valence-electron chi connectivity index (χ3n) is 5.42. The van der Waals surface area contributed by atoms with E-state index >= 15 is 0 Å². The van der Waals surface area contributed by atoms with E-state index in [9.17, 15) is 0 Å². The van der Waals surface area contributed by atoms with E-state index in [1.165, 1.54) is 12.8 Å². The van der Waals surface area contributed by atoms with E-state index in [0.29, 0.717) is 12.0 Å². The van der Waals surface area contributed by atoms with Gasteiger partial charge in [0.05, 0.1) is 6.04 Å². The highest BCUT2D eigenvalue weighted by Gasteiger charge is 2.29. The second-order valence-electron chi connectivity index (χ2n) is 7.51. The van der Waals surface area contributed by atoms with Crippen LogP contribution in [0.25, 0.3) is 0 Å². The van der Waals surface area contributed by atoms with E-state index in [0.717, 1.165) is 68.8 Å². The number of ether oxygens (including phenoxy) is 1.